The summed E-state index contributed by atoms with van der Waals surface area (Å²) >= 11 is 0. The topological polar surface area (TPSA) is 24.9 Å². The highest BCUT2D eigenvalue weighted by Crippen LogP contribution is 2.34. The van der Waals surface area contributed by atoms with Crippen LogP contribution < -0.4 is 14.4 Å². The van der Waals surface area contributed by atoms with Gasteiger partial charge in [-0.15, -0.1) is 0 Å². The molecule has 1 aromatic carbocycles. The zero-order valence-electron chi connectivity index (χ0n) is 10.9. The van der Waals surface area contributed by atoms with Gasteiger partial charge in [0.25, 0.3) is 0 Å². The minimum atomic E-state index is 0.652. The third-order valence-electron chi connectivity index (χ3n) is 3.61. The maximum absolute atomic E-state index is 5.65. The summed E-state index contributed by atoms with van der Waals surface area (Å²) in [7, 11) is 2.19. The van der Waals surface area contributed by atoms with Gasteiger partial charge in [0.2, 0.25) is 0 Å². The van der Waals surface area contributed by atoms with Crippen molar-refractivity contribution in [1.82, 2.24) is 4.90 Å². The molecule has 2 aliphatic rings. The number of fused-ring (bicyclic) bond motifs is 1. The predicted octanol–water partition coefficient (Wildman–Crippen LogP) is 1.60. The molecular weight excluding hydrogens is 228 g/mol. The van der Waals surface area contributed by atoms with Crippen LogP contribution in [-0.2, 0) is 0 Å². The number of likely N-dealkylation sites (N-methyl/N-ethyl adjacent to an activating group) is 1. The SMILES string of the molecule is CN1CCCN(c2ccc3c(c2)OCCO3)CC1. The second kappa shape index (κ2) is 5.06. The van der Waals surface area contributed by atoms with Gasteiger partial charge < -0.3 is 19.3 Å². The van der Waals surface area contributed by atoms with Gasteiger partial charge in [0.1, 0.15) is 13.2 Å². The van der Waals surface area contributed by atoms with Crippen molar-refractivity contribution >= 4 is 5.69 Å². The molecule has 98 valence electrons. The Morgan fingerprint density at radius 3 is 2.67 bits per heavy atom. The third-order valence-corrected chi connectivity index (χ3v) is 3.61. The van der Waals surface area contributed by atoms with Crippen molar-refractivity contribution in [3.05, 3.63) is 18.2 Å². The van der Waals surface area contributed by atoms with Crippen LogP contribution in [0.25, 0.3) is 0 Å². The molecule has 0 bridgehead atoms. The van der Waals surface area contributed by atoms with Gasteiger partial charge in [0.15, 0.2) is 11.5 Å². The van der Waals surface area contributed by atoms with E-state index in [0.717, 1.165) is 31.1 Å². The molecule has 0 aliphatic carbocycles. The van der Waals surface area contributed by atoms with E-state index in [2.05, 4.69) is 29.0 Å². The highest BCUT2D eigenvalue weighted by molar-refractivity contribution is 5.56. The zero-order valence-corrected chi connectivity index (χ0v) is 10.9. The fraction of sp³-hybridized carbons (Fsp3) is 0.571. The number of anilines is 1. The van der Waals surface area contributed by atoms with E-state index in [4.69, 9.17) is 9.47 Å². The van der Waals surface area contributed by atoms with Gasteiger partial charge in [-0.2, -0.15) is 0 Å². The van der Waals surface area contributed by atoms with Crippen LogP contribution in [0.15, 0.2) is 18.2 Å². The molecule has 0 aromatic heterocycles. The van der Waals surface area contributed by atoms with Gasteiger partial charge in [-0.1, -0.05) is 0 Å². The first-order chi connectivity index (χ1) is 8.83. The Bertz CT molecular complexity index is 422. The normalized spacial score (nSPS) is 20.6. The molecule has 0 N–H and O–H groups in total. The van der Waals surface area contributed by atoms with E-state index in [1.807, 2.05) is 6.07 Å². The van der Waals surface area contributed by atoms with Crippen LogP contribution in [-0.4, -0.2) is 51.3 Å². The van der Waals surface area contributed by atoms with Crippen LogP contribution in [0, 0.1) is 0 Å². The van der Waals surface area contributed by atoms with E-state index in [1.165, 1.54) is 18.7 Å². The standard InChI is InChI=1S/C14H20N2O2/c1-15-5-2-6-16(8-7-15)12-3-4-13-14(11-12)18-10-9-17-13/h3-4,11H,2,5-10H2,1H3. The summed E-state index contributed by atoms with van der Waals surface area (Å²) in [6.07, 6.45) is 1.21. The number of hydrogen-bond acceptors (Lipinski definition) is 4. The molecule has 4 nitrogen and oxygen atoms in total. The monoisotopic (exact) mass is 248 g/mol. The Morgan fingerprint density at radius 2 is 1.78 bits per heavy atom. The molecule has 0 unspecified atom stereocenters. The van der Waals surface area contributed by atoms with E-state index in [0.29, 0.717) is 13.2 Å². The molecule has 2 heterocycles. The highest BCUT2D eigenvalue weighted by Gasteiger charge is 2.16. The molecule has 18 heavy (non-hydrogen) atoms. The van der Waals surface area contributed by atoms with Gasteiger partial charge >= 0.3 is 0 Å². The Hall–Kier alpha value is -1.42. The van der Waals surface area contributed by atoms with Crippen LogP contribution in [0.4, 0.5) is 5.69 Å². The minimum absolute atomic E-state index is 0.652. The fourth-order valence-corrected chi connectivity index (χ4v) is 2.53. The summed E-state index contributed by atoms with van der Waals surface area (Å²) in [5.41, 5.74) is 1.24. The van der Waals surface area contributed by atoms with E-state index in [1.54, 1.807) is 0 Å². The lowest BCUT2D eigenvalue weighted by Crippen LogP contribution is -2.28. The van der Waals surface area contributed by atoms with Gasteiger partial charge in [-0.05, 0) is 32.1 Å². The molecular formula is C14H20N2O2. The summed E-state index contributed by atoms with van der Waals surface area (Å²) in [5.74, 6) is 1.76. The van der Waals surface area contributed by atoms with Crippen molar-refractivity contribution in [3.63, 3.8) is 0 Å². The number of rotatable bonds is 1. The Morgan fingerprint density at radius 1 is 0.944 bits per heavy atom. The van der Waals surface area contributed by atoms with Crippen molar-refractivity contribution in [1.29, 1.82) is 0 Å². The third kappa shape index (κ3) is 2.38. The van der Waals surface area contributed by atoms with Crippen molar-refractivity contribution in [2.24, 2.45) is 0 Å². The lowest BCUT2D eigenvalue weighted by molar-refractivity contribution is 0.171. The number of ether oxygens (including phenoxy) is 2. The fourth-order valence-electron chi connectivity index (χ4n) is 2.53. The molecule has 1 fully saturated rings. The molecule has 1 saturated heterocycles. The van der Waals surface area contributed by atoms with Gasteiger partial charge in [0.05, 0.1) is 0 Å². The molecule has 2 aliphatic heterocycles. The first-order valence-corrected chi connectivity index (χ1v) is 6.66. The van der Waals surface area contributed by atoms with Gasteiger partial charge in [-0.3, -0.25) is 0 Å². The number of hydrogen-bond donors (Lipinski definition) is 0. The molecule has 0 atom stereocenters. The molecule has 0 spiro atoms. The van der Waals surface area contributed by atoms with E-state index >= 15 is 0 Å². The summed E-state index contributed by atoms with van der Waals surface area (Å²) < 4.78 is 11.2. The Balaban J connectivity index is 1.79. The maximum Gasteiger partial charge on any atom is 0.163 e. The number of nitrogens with zero attached hydrogens (tertiary/aromatic N) is 2. The van der Waals surface area contributed by atoms with Crippen molar-refractivity contribution in [2.45, 2.75) is 6.42 Å². The first-order valence-electron chi connectivity index (χ1n) is 6.66. The lowest BCUT2D eigenvalue weighted by Gasteiger charge is -2.25. The maximum atomic E-state index is 5.65. The molecule has 0 radical (unpaired) electrons. The van der Waals surface area contributed by atoms with Crippen LogP contribution in [0.3, 0.4) is 0 Å². The summed E-state index contributed by atoms with van der Waals surface area (Å²) in [4.78, 5) is 4.82. The van der Waals surface area contributed by atoms with Crippen LogP contribution in [0.5, 0.6) is 11.5 Å². The zero-order chi connectivity index (χ0) is 12.4. The van der Waals surface area contributed by atoms with Crippen LogP contribution in [0.2, 0.25) is 0 Å². The summed E-state index contributed by atoms with van der Waals surface area (Å²) in [5, 5.41) is 0. The van der Waals surface area contributed by atoms with E-state index < -0.39 is 0 Å². The average molecular weight is 248 g/mol. The molecule has 0 saturated carbocycles. The smallest absolute Gasteiger partial charge is 0.163 e. The average Bonchev–Trinajstić information content (AvgIpc) is 2.63. The Kier molecular flexibility index (Phi) is 3.28. The predicted molar refractivity (Wildman–Crippen MR) is 71.8 cm³/mol. The van der Waals surface area contributed by atoms with E-state index in [9.17, 15) is 0 Å². The second-order valence-electron chi connectivity index (χ2n) is 4.97. The quantitative estimate of drug-likeness (QED) is 0.753. The van der Waals surface area contributed by atoms with Crippen LogP contribution in [0.1, 0.15) is 6.42 Å². The second-order valence-corrected chi connectivity index (χ2v) is 4.97. The molecule has 1 aromatic rings. The molecule has 0 amide bonds. The number of benzene rings is 1. The highest BCUT2D eigenvalue weighted by atomic mass is 16.6. The summed E-state index contributed by atoms with van der Waals surface area (Å²) in [6, 6.07) is 6.27. The first kappa shape index (κ1) is 11.7. The van der Waals surface area contributed by atoms with Gasteiger partial charge in [-0.25, -0.2) is 0 Å². The van der Waals surface area contributed by atoms with Crippen molar-refractivity contribution < 1.29 is 9.47 Å². The molecule has 3 rings (SSSR count). The van der Waals surface area contributed by atoms with Crippen molar-refractivity contribution in [3.8, 4) is 11.5 Å². The largest absolute Gasteiger partial charge is 0.486 e. The minimum Gasteiger partial charge on any atom is -0.486 e. The van der Waals surface area contributed by atoms with Gasteiger partial charge in [0, 0.05) is 31.4 Å². The lowest BCUT2D eigenvalue weighted by atomic mass is 10.2. The van der Waals surface area contributed by atoms with E-state index in [-0.39, 0.29) is 0 Å². The summed E-state index contributed by atoms with van der Waals surface area (Å²) in [6.45, 7) is 5.80. The Labute approximate surface area is 108 Å². The molecule has 4 heteroatoms. The van der Waals surface area contributed by atoms with Crippen molar-refractivity contribution in [2.75, 3.05) is 51.3 Å². The van der Waals surface area contributed by atoms with Crippen LogP contribution >= 0.6 is 0 Å².